The van der Waals surface area contributed by atoms with E-state index in [1.54, 1.807) is 24.3 Å². The van der Waals surface area contributed by atoms with Gasteiger partial charge < -0.3 is 184 Å². The van der Waals surface area contributed by atoms with E-state index in [0.717, 1.165) is 72.3 Å². The summed E-state index contributed by atoms with van der Waals surface area (Å²) in [5, 5.41) is 0. The van der Waals surface area contributed by atoms with E-state index in [1.807, 2.05) is 85.0 Å². The van der Waals surface area contributed by atoms with Crippen molar-refractivity contribution in [2.24, 2.45) is 0 Å². The minimum atomic E-state index is -0.668. The number of hydrogen-bond acceptors (Lipinski definition) is 0. The summed E-state index contributed by atoms with van der Waals surface area (Å²) in [5.74, 6) is 0. The number of fused-ring (bicyclic) bond motifs is 6. The van der Waals surface area contributed by atoms with Gasteiger partial charge in [-0.15, -0.1) is 47.5 Å². The predicted molar refractivity (Wildman–Crippen MR) is 327 cm³/mol. The van der Waals surface area contributed by atoms with Crippen molar-refractivity contribution >= 4 is 47.9 Å². The maximum atomic E-state index is 8.25. The second kappa shape index (κ2) is 77.6. The first-order valence-electron chi connectivity index (χ1n) is 23.5. The van der Waals surface area contributed by atoms with Crippen LogP contribution in [0, 0.1) is 137 Å². The predicted octanol–water partition coefficient (Wildman–Crippen LogP) is 18.3. The molecule has 0 saturated heterocycles. The fraction of sp³-hybridized carbons (Fsp3) is 0.0548. The number of rotatable bonds is 9. The second-order valence-electron chi connectivity index (χ2n) is 15.8. The van der Waals surface area contributed by atoms with Gasteiger partial charge in [0.1, 0.15) is 0 Å². The van der Waals surface area contributed by atoms with Crippen LogP contribution in [0.3, 0.4) is 0 Å². The van der Waals surface area contributed by atoms with Crippen molar-refractivity contribution in [3.63, 3.8) is 0 Å². The Morgan fingerprint density at radius 2 is 0.720 bits per heavy atom. The van der Waals surface area contributed by atoms with Crippen LogP contribution in [0.25, 0.3) is 75.2 Å². The van der Waals surface area contributed by atoms with Gasteiger partial charge in [-0.05, 0) is 0 Å². The quantitative estimate of drug-likeness (QED) is 0.0798. The Kier molecular flexibility index (Phi) is 110. The van der Waals surface area contributed by atoms with Crippen molar-refractivity contribution < 1.29 is 460 Å². The first-order chi connectivity index (χ1) is 37.5. The minimum absolute atomic E-state index is 0. The number of benzene rings is 5. The van der Waals surface area contributed by atoms with E-state index in [4.69, 9.17) is 109 Å². The van der Waals surface area contributed by atoms with Crippen LogP contribution in [0.2, 0.25) is 0 Å². The third kappa shape index (κ3) is 44.2. The van der Waals surface area contributed by atoms with Gasteiger partial charge in [-0.1, -0.05) is 52.2 Å². The fourth-order valence-corrected chi connectivity index (χ4v) is 7.31. The summed E-state index contributed by atoms with van der Waals surface area (Å²) < 4.78 is 1.23. The molecule has 1 aliphatic heterocycles. The molecule has 4 unspecified atom stereocenters. The smallest absolute Gasteiger partial charge is 0.681 e. The molecule has 4 atom stereocenters. The molecule has 9 rings (SSSR count). The Balaban J connectivity index is -0.0000000658. The zero-order valence-corrected chi connectivity index (χ0v) is 94.3. The zero-order valence-electron chi connectivity index (χ0n) is 51.5. The molecule has 5 nitrogen and oxygen atoms in total. The number of allylic oxidation sites excluding steroid dienone is 14. The van der Waals surface area contributed by atoms with Gasteiger partial charge in [0.25, 0.3) is 0 Å². The standard InChI is InChI=1S/C16H12N.2C14H10N.C13H10N2.4C4H4.3W.12Y/c1-2-5-11-8-9-13-12-6-3-4-7-14(12)16(17)15(13)10-11;1-4-5-11-6-7-12-9(2)10(3)14(15)13(12)8-11;1-3-5-10-6-7-12-11(4-2)9-14(15)13(12)8-10;1-4-5-10-6-7-11-9(2)15(3)13(14)12(11)8-10;4*1-3-4-2;;;;;;;;;;;;;;;/h2-9,16-17H,1H2;2*2-7,14-15H,1H2;2-7,13-14H,1H2;4*1-4H;;;;;;;;;;;;;;;/q-3;2*-5;-4;4*-2;3*+2;;;;;;;;;;;;+3. The van der Waals surface area contributed by atoms with Crippen molar-refractivity contribution in [2.45, 2.75) is 24.3 Å². The molecule has 0 amide bonds. The molecule has 0 fully saturated rings. The third-order valence-corrected chi connectivity index (χ3v) is 10.8. The second-order valence-corrected chi connectivity index (χ2v) is 15.8. The van der Waals surface area contributed by atoms with Gasteiger partial charge in [0.15, 0.2) is 0 Å². The van der Waals surface area contributed by atoms with Crippen LogP contribution in [0.4, 0.5) is 0 Å². The summed E-state index contributed by atoms with van der Waals surface area (Å²) >= 11 is 0. The molecule has 5 aromatic rings. The molecule has 0 bridgehead atoms. The maximum absolute atomic E-state index is 8.25. The zero-order chi connectivity index (χ0) is 58.3. The molecule has 0 aromatic heterocycles. The van der Waals surface area contributed by atoms with Crippen LogP contribution >= 0.6 is 0 Å². The van der Waals surface area contributed by atoms with E-state index in [2.05, 4.69) is 70.2 Å². The maximum Gasteiger partial charge on any atom is 3.00 e. The molecular formula is C73H58N5W3Y12-16. The SMILES string of the molecule is [CH-]=C1C(=[CH-])C([NH-])c2[c-]c(C=C[CH2-])ccc21.[CH-]=C1c2ccc(C=C[CH2-])[c-]c2C([NH-])[N+]1=[CH-].[CH-]=CC1=[C-]C([NH-])c2[c-]c(C=C[CH2-])ccc21.[CH-]=CC=[CH-].[CH-]=CC=[CH-].[CH-]=CC=[CH-].[CH-]=CC=[CH-].[CH2-]C=Cc1[c-]c2c(cc1)-c1ccccc1C2[NH-].[W+2].[W+2].[W+2].[Y+3].[Y].[Y].[Y].[Y].[Y].[Y].[Y].[Y].[Y].[Y].[Y]. The van der Waals surface area contributed by atoms with E-state index < -0.39 is 18.2 Å². The van der Waals surface area contributed by atoms with Gasteiger partial charge >= 0.3 is 95.9 Å². The first kappa shape index (κ1) is 132. The Morgan fingerprint density at radius 3 is 1.09 bits per heavy atom. The first-order valence-corrected chi connectivity index (χ1v) is 23.5. The molecule has 3 aliphatic carbocycles. The van der Waals surface area contributed by atoms with E-state index in [1.165, 1.54) is 64.8 Å². The molecule has 0 saturated carbocycles. The summed E-state index contributed by atoms with van der Waals surface area (Å²) in [6.45, 7) is 80.7. The molecule has 4 N–H and O–H groups in total. The summed E-state index contributed by atoms with van der Waals surface area (Å²) in [4.78, 5) is 0. The van der Waals surface area contributed by atoms with Crippen molar-refractivity contribution in [3.8, 4) is 11.1 Å². The topological polar surface area (TPSA) is 98.2 Å². The molecule has 1 heterocycles. The van der Waals surface area contributed by atoms with E-state index >= 15 is 0 Å². The number of hydrogen-bond donors (Lipinski definition) is 0. The molecule has 0 spiro atoms. The average molecular weight is 2620 g/mol. The van der Waals surface area contributed by atoms with Gasteiger partial charge in [-0.3, -0.25) is 0 Å². The van der Waals surface area contributed by atoms with Crippen LogP contribution in [0.1, 0.15) is 91.1 Å². The van der Waals surface area contributed by atoms with Gasteiger partial charge in [-0.2, -0.15) is 112 Å². The summed E-state index contributed by atoms with van der Waals surface area (Å²) in [5.41, 5.74) is 46.8. The average Bonchev–Trinajstić information content (AvgIpc) is 1.69. The third-order valence-electron chi connectivity index (χ3n) is 10.8. The molecule has 20 heteroatoms. The van der Waals surface area contributed by atoms with Gasteiger partial charge in [0.05, 0.1) is 0 Å². The molecule has 4 aliphatic rings. The van der Waals surface area contributed by atoms with E-state index in [-0.39, 0.29) is 462 Å². The molecule has 5 aromatic carbocycles. The Bertz CT molecular complexity index is 3060. The van der Waals surface area contributed by atoms with Crippen molar-refractivity contribution in [1.29, 1.82) is 0 Å². The Hall–Kier alpha value is 5.98. The van der Waals surface area contributed by atoms with Gasteiger partial charge in [-0.25, -0.2) is 63.1 Å². The minimum Gasteiger partial charge on any atom is -0.681 e. The van der Waals surface area contributed by atoms with Crippen LogP contribution in [0.5, 0.6) is 0 Å². The molecule has 445 valence electrons. The monoisotopic (exact) mass is 2620 g/mol. The normalized spacial score (nSPS) is 13.5. The van der Waals surface area contributed by atoms with Crippen molar-refractivity contribution in [2.75, 3.05) is 0 Å². The fourth-order valence-electron chi connectivity index (χ4n) is 7.31. The largest absolute Gasteiger partial charge is 3.00 e. The molecule has 11 radical (unpaired) electrons. The number of nitrogens with one attached hydrogen (secondary N) is 4. The van der Waals surface area contributed by atoms with Gasteiger partial charge in [0, 0.05) is 373 Å². The van der Waals surface area contributed by atoms with Crippen LogP contribution in [-0.2, 0) is 456 Å². The van der Waals surface area contributed by atoms with Crippen molar-refractivity contribution in [3.05, 3.63) is 384 Å². The van der Waals surface area contributed by atoms with E-state index in [0.29, 0.717) is 22.4 Å². The van der Waals surface area contributed by atoms with Gasteiger partial charge in [0.2, 0.25) is 0 Å². The summed E-state index contributed by atoms with van der Waals surface area (Å²) in [7, 11) is 0. The summed E-state index contributed by atoms with van der Waals surface area (Å²) in [6, 6.07) is 34.9. The summed E-state index contributed by atoms with van der Waals surface area (Å²) in [6.07, 6.45) is 28.3. The molecule has 93 heavy (non-hydrogen) atoms. The Morgan fingerprint density at radius 1 is 0.398 bits per heavy atom. The number of nitrogens with zero attached hydrogens (tertiary/aromatic N) is 1. The molecular weight excluding hydrogens is 2570 g/mol. The Labute approximate surface area is 907 Å². The van der Waals surface area contributed by atoms with E-state index in [9.17, 15) is 0 Å². The van der Waals surface area contributed by atoms with Crippen LogP contribution in [-0.4, -0.2) is 11.3 Å². The van der Waals surface area contributed by atoms with Crippen LogP contribution < -0.4 is 0 Å². The van der Waals surface area contributed by atoms with Crippen LogP contribution in [0.15, 0.2) is 157 Å². The van der Waals surface area contributed by atoms with Crippen molar-refractivity contribution in [1.82, 2.24) is 0 Å².